The fourth-order valence-electron chi connectivity index (χ4n) is 3.81. The first-order valence-electron chi connectivity index (χ1n) is 9.35. The second-order valence-electron chi connectivity index (χ2n) is 8.88. The Kier molecular flexibility index (Phi) is 7.76. The summed E-state index contributed by atoms with van der Waals surface area (Å²) < 4.78 is 0. The summed E-state index contributed by atoms with van der Waals surface area (Å²) in [6.07, 6.45) is 4.06. The highest BCUT2D eigenvalue weighted by Gasteiger charge is 2.46. The van der Waals surface area contributed by atoms with Crippen LogP contribution in [0.4, 0.5) is 0 Å². The van der Waals surface area contributed by atoms with Crippen LogP contribution in [0.2, 0.25) is 6.32 Å². The molecule has 1 rings (SSSR count). The van der Waals surface area contributed by atoms with Gasteiger partial charge in [0.05, 0.1) is 5.41 Å². The smallest absolute Gasteiger partial charge is 0.427 e. The third kappa shape index (κ3) is 6.38. The van der Waals surface area contributed by atoms with Crippen molar-refractivity contribution >= 4 is 13.0 Å². The second-order valence-corrected chi connectivity index (χ2v) is 8.88. The molecule has 0 aromatic carbocycles. The van der Waals surface area contributed by atoms with E-state index in [1.807, 2.05) is 20.8 Å². The normalized spacial score (nSPS) is 28.0. The van der Waals surface area contributed by atoms with E-state index in [0.29, 0.717) is 18.2 Å². The van der Waals surface area contributed by atoms with E-state index in [1.54, 1.807) is 0 Å². The topological polar surface area (TPSA) is 72.8 Å². The van der Waals surface area contributed by atoms with E-state index in [0.717, 1.165) is 38.8 Å². The first kappa shape index (κ1) is 21.5. The number of rotatable bonds is 7. The Morgan fingerprint density at radius 1 is 1.33 bits per heavy atom. The number of amides is 1. The van der Waals surface area contributed by atoms with Gasteiger partial charge in [0, 0.05) is 12.1 Å². The molecule has 24 heavy (non-hydrogen) atoms. The lowest BCUT2D eigenvalue weighted by atomic mass is 9.61. The fraction of sp³-hybridized carbons (Fsp3) is 0.944. The van der Waals surface area contributed by atoms with Gasteiger partial charge in [0.25, 0.3) is 0 Å². The Balaban J connectivity index is 2.90. The van der Waals surface area contributed by atoms with Crippen molar-refractivity contribution in [2.75, 3.05) is 20.1 Å². The molecular formula is C18H37BN2O3. The summed E-state index contributed by atoms with van der Waals surface area (Å²) in [7, 11) is 0.861. The van der Waals surface area contributed by atoms with Gasteiger partial charge in [0.2, 0.25) is 5.91 Å². The predicted molar refractivity (Wildman–Crippen MR) is 99.6 cm³/mol. The summed E-state index contributed by atoms with van der Waals surface area (Å²) in [6, 6.07) is 0. The molecule has 0 bridgehead atoms. The van der Waals surface area contributed by atoms with Crippen molar-refractivity contribution in [1.29, 1.82) is 0 Å². The molecule has 140 valence electrons. The zero-order valence-corrected chi connectivity index (χ0v) is 16.4. The van der Waals surface area contributed by atoms with E-state index in [2.05, 4.69) is 31.1 Å². The molecule has 1 aliphatic rings. The molecule has 3 N–H and O–H groups in total. The lowest BCUT2D eigenvalue weighted by Gasteiger charge is -2.46. The van der Waals surface area contributed by atoms with Crippen LogP contribution < -0.4 is 5.32 Å². The van der Waals surface area contributed by atoms with Crippen LogP contribution in [0, 0.1) is 17.3 Å². The van der Waals surface area contributed by atoms with Crippen LogP contribution in [-0.4, -0.2) is 53.6 Å². The first-order chi connectivity index (χ1) is 11.0. The van der Waals surface area contributed by atoms with E-state index in [1.165, 1.54) is 0 Å². The zero-order valence-electron chi connectivity index (χ0n) is 16.4. The van der Waals surface area contributed by atoms with Crippen LogP contribution in [0.5, 0.6) is 0 Å². The molecule has 0 spiro atoms. The molecule has 6 heteroatoms. The van der Waals surface area contributed by atoms with Crippen molar-refractivity contribution in [2.45, 2.75) is 72.2 Å². The number of nitrogens with zero attached hydrogens (tertiary/aromatic N) is 1. The number of carbonyl (C=O) groups is 1. The maximum atomic E-state index is 13.1. The van der Waals surface area contributed by atoms with Gasteiger partial charge in [0.1, 0.15) is 0 Å². The molecule has 1 aliphatic carbocycles. The predicted octanol–water partition coefficient (Wildman–Crippen LogP) is 2.14. The molecule has 3 atom stereocenters. The van der Waals surface area contributed by atoms with Gasteiger partial charge < -0.3 is 20.3 Å². The quantitative estimate of drug-likeness (QED) is 0.621. The van der Waals surface area contributed by atoms with Gasteiger partial charge in [-0.25, -0.2) is 0 Å². The Labute approximate surface area is 148 Å². The van der Waals surface area contributed by atoms with E-state index >= 15 is 0 Å². The van der Waals surface area contributed by atoms with E-state index in [4.69, 9.17) is 10.0 Å². The van der Waals surface area contributed by atoms with Crippen LogP contribution in [0.1, 0.15) is 60.3 Å². The lowest BCUT2D eigenvalue weighted by molar-refractivity contribution is -0.139. The van der Waals surface area contributed by atoms with Gasteiger partial charge in [-0.1, -0.05) is 26.7 Å². The van der Waals surface area contributed by atoms with Crippen molar-refractivity contribution in [3.63, 3.8) is 0 Å². The summed E-state index contributed by atoms with van der Waals surface area (Å²) >= 11 is 0. The van der Waals surface area contributed by atoms with Crippen molar-refractivity contribution in [1.82, 2.24) is 10.2 Å². The third-order valence-electron chi connectivity index (χ3n) is 5.45. The highest BCUT2D eigenvalue weighted by molar-refractivity contribution is 6.40. The molecule has 0 aliphatic heterocycles. The van der Waals surface area contributed by atoms with Crippen molar-refractivity contribution in [3.8, 4) is 0 Å². The monoisotopic (exact) mass is 340 g/mol. The van der Waals surface area contributed by atoms with Crippen LogP contribution in [-0.2, 0) is 4.79 Å². The standard InChI is InChI=1S/C18H37BN2O3/c1-7-21(6)13-15-9-8-14(10-11-19(23)24)12-18(15,5)16(22)20-17(2,3)4/h14-15,23-24H,7-13H2,1-6H3,(H,20,22)/t14-,15-,18-/m0/s1. The molecule has 1 amide bonds. The van der Waals surface area contributed by atoms with Crippen molar-refractivity contribution in [2.24, 2.45) is 17.3 Å². The average molecular weight is 340 g/mol. The zero-order chi connectivity index (χ0) is 18.5. The maximum absolute atomic E-state index is 13.1. The number of hydrogen-bond donors (Lipinski definition) is 3. The van der Waals surface area contributed by atoms with Gasteiger partial charge >= 0.3 is 7.12 Å². The largest absolute Gasteiger partial charge is 0.451 e. The molecule has 0 heterocycles. The summed E-state index contributed by atoms with van der Waals surface area (Å²) in [5.41, 5.74) is -0.643. The molecule has 0 unspecified atom stereocenters. The molecule has 0 aromatic heterocycles. The van der Waals surface area contributed by atoms with Gasteiger partial charge in [0.15, 0.2) is 0 Å². The Hall–Kier alpha value is -0.585. The first-order valence-corrected chi connectivity index (χ1v) is 9.35. The SMILES string of the molecule is CCN(C)C[C@@H]1CC[C@@H](CCB(O)O)C[C@]1(C)C(=O)NC(C)(C)C. The van der Waals surface area contributed by atoms with Gasteiger partial charge in [-0.3, -0.25) is 4.79 Å². The molecule has 1 fully saturated rings. The molecular weight excluding hydrogens is 303 g/mol. The van der Waals surface area contributed by atoms with E-state index in [-0.39, 0.29) is 11.4 Å². The number of hydrogen-bond acceptors (Lipinski definition) is 4. The van der Waals surface area contributed by atoms with Gasteiger partial charge in [-0.15, -0.1) is 0 Å². The Morgan fingerprint density at radius 2 is 1.96 bits per heavy atom. The van der Waals surface area contributed by atoms with Crippen molar-refractivity contribution in [3.05, 3.63) is 0 Å². The Morgan fingerprint density at radius 3 is 2.46 bits per heavy atom. The average Bonchev–Trinajstić information content (AvgIpc) is 2.45. The second kappa shape index (κ2) is 8.68. The fourth-order valence-corrected chi connectivity index (χ4v) is 3.81. The van der Waals surface area contributed by atoms with Crippen LogP contribution in [0.3, 0.4) is 0 Å². The van der Waals surface area contributed by atoms with Crippen LogP contribution in [0.15, 0.2) is 0 Å². The number of carbonyl (C=O) groups excluding carboxylic acids is 1. The molecule has 5 nitrogen and oxygen atoms in total. The number of nitrogens with one attached hydrogen (secondary N) is 1. The third-order valence-corrected chi connectivity index (χ3v) is 5.45. The van der Waals surface area contributed by atoms with Crippen LogP contribution in [0.25, 0.3) is 0 Å². The molecule has 1 saturated carbocycles. The van der Waals surface area contributed by atoms with Gasteiger partial charge in [-0.05, 0) is 65.4 Å². The molecule has 0 aromatic rings. The maximum Gasteiger partial charge on any atom is 0.451 e. The summed E-state index contributed by atoms with van der Waals surface area (Å²) in [4.78, 5) is 15.4. The minimum absolute atomic E-state index is 0.138. The summed E-state index contributed by atoms with van der Waals surface area (Å²) in [5, 5.41) is 21.5. The summed E-state index contributed by atoms with van der Waals surface area (Å²) in [6.45, 7) is 12.2. The minimum atomic E-state index is -1.25. The van der Waals surface area contributed by atoms with Gasteiger partial charge in [-0.2, -0.15) is 0 Å². The minimum Gasteiger partial charge on any atom is -0.427 e. The highest BCUT2D eigenvalue weighted by Crippen LogP contribution is 2.46. The van der Waals surface area contributed by atoms with E-state index in [9.17, 15) is 4.79 Å². The van der Waals surface area contributed by atoms with E-state index < -0.39 is 12.5 Å². The highest BCUT2D eigenvalue weighted by atomic mass is 16.4. The van der Waals surface area contributed by atoms with Crippen LogP contribution >= 0.6 is 0 Å². The Bertz CT molecular complexity index is 412. The van der Waals surface area contributed by atoms with Crippen molar-refractivity contribution < 1.29 is 14.8 Å². The lowest BCUT2D eigenvalue weighted by Crippen LogP contribution is -2.54. The molecule has 0 radical (unpaired) electrons. The summed E-state index contributed by atoms with van der Waals surface area (Å²) in [5.74, 6) is 0.851. The molecule has 0 saturated heterocycles.